The Kier molecular flexibility index (Phi) is 4.90. The summed E-state index contributed by atoms with van der Waals surface area (Å²) in [6.45, 7) is 2.41. The van der Waals surface area contributed by atoms with Gasteiger partial charge in [-0.05, 0) is 43.6 Å². The van der Waals surface area contributed by atoms with Crippen molar-refractivity contribution in [3.05, 3.63) is 52.1 Å². The van der Waals surface area contributed by atoms with Crippen LogP contribution in [0.4, 0.5) is 0 Å². The van der Waals surface area contributed by atoms with Gasteiger partial charge in [0.25, 0.3) is 5.91 Å². The van der Waals surface area contributed by atoms with Crippen LogP contribution in [0, 0.1) is 0 Å². The average molecular weight is 364 g/mol. The number of benzene rings is 1. The van der Waals surface area contributed by atoms with Gasteiger partial charge in [-0.25, -0.2) is 4.98 Å². The summed E-state index contributed by atoms with van der Waals surface area (Å²) in [7, 11) is 0. The molecule has 0 radical (unpaired) electrons. The molecule has 0 spiro atoms. The molecule has 0 saturated carbocycles. The highest BCUT2D eigenvalue weighted by Crippen LogP contribution is 2.24. The van der Waals surface area contributed by atoms with Crippen LogP contribution in [0.15, 0.2) is 39.4 Å². The standard InChI is InChI=1S/C16H18BrN3O2/c17-13-3-1-2-11(8-13)9-19-15(21)14-10-22-16(20-14)12-4-6-18-7-5-12/h1-3,8,10,12,18H,4-7,9H2,(H,19,21). The number of aromatic nitrogens is 1. The molecule has 1 saturated heterocycles. The molecule has 1 aromatic carbocycles. The predicted octanol–water partition coefficient (Wildman–Crippen LogP) is 2.83. The second kappa shape index (κ2) is 7.07. The molecule has 2 aromatic rings. The molecule has 0 atom stereocenters. The number of nitrogens with one attached hydrogen (secondary N) is 2. The fraction of sp³-hybridized carbons (Fsp3) is 0.375. The van der Waals surface area contributed by atoms with Crippen LogP contribution in [0.3, 0.4) is 0 Å². The molecular weight excluding hydrogens is 346 g/mol. The van der Waals surface area contributed by atoms with Gasteiger partial charge >= 0.3 is 0 Å². The van der Waals surface area contributed by atoms with Crippen LogP contribution in [-0.2, 0) is 6.54 Å². The molecule has 2 N–H and O–H groups in total. The molecule has 6 heteroatoms. The van der Waals surface area contributed by atoms with E-state index in [0.29, 0.717) is 24.0 Å². The smallest absolute Gasteiger partial charge is 0.273 e. The average Bonchev–Trinajstić information content (AvgIpc) is 3.04. The molecule has 0 bridgehead atoms. The number of oxazole rings is 1. The van der Waals surface area contributed by atoms with Gasteiger partial charge in [0, 0.05) is 16.9 Å². The summed E-state index contributed by atoms with van der Waals surface area (Å²) in [4.78, 5) is 16.5. The minimum atomic E-state index is -0.205. The third kappa shape index (κ3) is 3.75. The van der Waals surface area contributed by atoms with Crippen molar-refractivity contribution in [1.82, 2.24) is 15.6 Å². The Labute approximate surface area is 137 Å². The number of carbonyl (C=O) groups is 1. The molecule has 116 valence electrons. The van der Waals surface area contributed by atoms with Crippen LogP contribution in [0.1, 0.15) is 40.7 Å². The summed E-state index contributed by atoms with van der Waals surface area (Å²) in [5.41, 5.74) is 1.38. The number of hydrogen-bond acceptors (Lipinski definition) is 4. The first kappa shape index (κ1) is 15.2. The SMILES string of the molecule is O=C(NCc1cccc(Br)c1)c1coc(C2CCNCC2)n1. The zero-order valence-corrected chi connectivity index (χ0v) is 13.7. The minimum Gasteiger partial charge on any atom is -0.448 e. The summed E-state index contributed by atoms with van der Waals surface area (Å²) in [5.74, 6) is 0.783. The second-order valence-electron chi connectivity index (χ2n) is 5.41. The first-order valence-electron chi connectivity index (χ1n) is 7.41. The van der Waals surface area contributed by atoms with Crippen molar-refractivity contribution in [2.75, 3.05) is 13.1 Å². The van der Waals surface area contributed by atoms with Crippen molar-refractivity contribution in [3.63, 3.8) is 0 Å². The van der Waals surface area contributed by atoms with E-state index in [0.717, 1.165) is 36.0 Å². The van der Waals surface area contributed by atoms with Crippen LogP contribution < -0.4 is 10.6 Å². The molecule has 5 nitrogen and oxygen atoms in total. The van der Waals surface area contributed by atoms with E-state index >= 15 is 0 Å². The van der Waals surface area contributed by atoms with Gasteiger partial charge in [0.1, 0.15) is 6.26 Å². The number of rotatable bonds is 4. The zero-order chi connectivity index (χ0) is 15.4. The lowest BCUT2D eigenvalue weighted by atomic mass is 9.98. The van der Waals surface area contributed by atoms with Gasteiger partial charge in [-0.15, -0.1) is 0 Å². The van der Waals surface area contributed by atoms with Crippen molar-refractivity contribution in [1.29, 1.82) is 0 Å². The Morgan fingerprint density at radius 2 is 2.23 bits per heavy atom. The number of amides is 1. The molecule has 1 amide bonds. The van der Waals surface area contributed by atoms with Crippen molar-refractivity contribution in [2.45, 2.75) is 25.3 Å². The maximum Gasteiger partial charge on any atom is 0.273 e. The molecule has 3 rings (SSSR count). The van der Waals surface area contributed by atoms with E-state index in [-0.39, 0.29) is 5.91 Å². The Morgan fingerprint density at radius 3 is 3.00 bits per heavy atom. The van der Waals surface area contributed by atoms with E-state index in [1.807, 2.05) is 24.3 Å². The van der Waals surface area contributed by atoms with E-state index in [9.17, 15) is 4.79 Å². The Morgan fingerprint density at radius 1 is 1.41 bits per heavy atom. The van der Waals surface area contributed by atoms with Gasteiger partial charge in [0.15, 0.2) is 11.6 Å². The van der Waals surface area contributed by atoms with E-state index < -0.39 is 0 Å². The van der Waals surface area contributed by atoms with Gasteiger partial charge in [0.05, 0.1) is 0 Å². The molecule has 0 aliphatic carbocycles. The third-order valence-electron chi connectivity index (χ3n) is 3.79. The van der Waals surface area contributed by atoms with Crippen molar-refractivity contribution in [2.24, 2.45) is 0 Å². The predicted molar refractivity (Wildman–Crippen MR) is 86.7 cm³/mol. The molecule has 1 aliphatic rings. The highest BCUT2D eigenvalue weighted by atomic mass is 79.9. The number of nitrogens with zero attached hydrogens (tertiary/aromatic N) is 1. The lowest BCUT2D eigenvalue weighted by molar-refractivity contribution is 0.0946. The molecule has 2 heterocycles. The second-order valence-corrected chi connectivity index (χ2v) is 6.32. The first-order chi connectivity index (χ1) is 10.7. The van der Waals surface area contributed by atoms with Crippen molar-refractivity contribution < 1.29 is 9.21 Å². The summed E-state index contributed by atoms with van der Waals surface area (Å²) in [5, 5.41) is 6.17. The van der Waals surface area contributed by atoms with Crippen LogP contribution in [-0.4, -0.2) is 24.0 Å². The van der Waals surface area contributed by atoms with Gasteiger partial charge in [0.2, 0.25) is 0 Å². The summed E-state index contributed by atoms with van der Waals surface area (Å²) >= 11 is 3.42. The highest BCUT2D eigenvalue weighted by molar-refractivity contribution is 9.10. The Bertz CT molecular complexity index is 650. The number of hydrogen-bond donors (Lipinski definition) is 2. The third-order valence-corrected chi connectivity index (χ3v) is 4.28. The van der Waals surface area contributed by atoms with Gasteiger partial charge < -0.3 is 15.1 Å². The van der Waals surface area contributed by atoms with Crippen molar-refractivity contribution in [3.8, 4) is 0 Å². The van der Waals surface area contributed by atoms with Crippen LogP contribution >= 0.6 is 15.9 Å². The monoisotopic (exact) mass is 363 g/mol. The minimum absolute atomic E-state index is 0.205. The zero-order valence-electron chi connectivity index (χ0n) is 12.1. The van der Waals surface area contributed by atoms with E-state index in [1.165, 1.54) is 6.26 Å². The summed E-state index contributed by atoms with van der Waals surface area (Å²) in [6.07, 6.45) is 3.45. The van der Waals surface area contributed by atoms with Crippen LogP contribution in [0.5, 0.6) is 0 Å². The fourth-order valence-corrected chi connectivity index (χ4v) is 3.01. The highest BCUT2D eigenvalue weighted by Gasteiger charge is 2.21. The lowest BCUT2D eigenvalue weighted by Gasteiger charge is -2.19. The largest absolute Gasteiger partial charge is 0.448 e. The number of halogens is 1. The quantitative estimate of drug-likeness (QED) is 0.876. The maximum absolute atomic E-state index is 12.1. The summed E-state index contributed by atoms with van der Waals surface area (Å²) in [6, 6.07) is 7.84. The van der Waals surface area contributed by atoms with Gasteiger partial charge in [-0.2, -0.15) is 0 Å². The maximum atomic E-state index is 12.1. The molecule has 1 aliphatic heterocycles. The normalized spacial score (nSPS) is 15.7. The summed E-state index contributed by atoms with van der Waals surface area (Å²) < 4.78 is 6.48. The fourth-order valence-electron chi connectivity index (χ4n) is 2.57. The number of carbonyl (C=O) groups excluding carboxylic acids is 1. The first-order valence-corrected chi connectivity index (χ1v) is 8.20. The van der Waals surface area contributed by atoms with Crippen LogP contribution in [0.2, 0.25) is 0 Å². The molecule has 0 unspecified atom stereocenters. The molecular formula is C16H18BrN3O2. The Hall–Kier alpha value is -1.66. The lowest BCUT2D eigenvalue weighted by Crippen LogP contribution is -2.27. The van der Waals surface area contributed by atoms with E-state index in [4.69, 9.17) is 4.42 Å². The van der Waals surface area contributed by atoms with E-state index in [2.05, 4.69) is 31.5 Å². The van der Waals surface area contributed by atoms with E-state index in [1.54, 1.807) is 0 Å². The molecule has 1 aromatic heterocycles. The van der Waals surface area contributed by atoms with Crippen LogP contribution in [0.25, 0.3) is 0 Å². The molecule has 1 fully saturated rings. The van der Waals surface area contributed by atoms with Gasteiger partial charge in [-0.1, -0.05) is 28.1 Å². The van der Waals surface area contributed by atoms with Crippen molar-refractivity contribution >= 4 is 21.8 Å². The topological polar surface area (TPSA) is 67.2 Å². The van der Waals surface area contributed by atoms with Gasteiger partial charge in [-0.3, -0.25) is 4.79 Å². The number of piperidine rings is 1. The molecule has 22 heavy (non-hydrogen) atoms. The Balaban J connectivity index is 1.59.